The van der Waals surface area contributed by atoms with E-state index in [2.05, 4.69) is 163 Å². The molecule has 0 atom stereocenters. The lowest BCUT2D eigenvalue weighted by molar-refractivity contribution is 0.466. The van der Waals surface area contributed by atoms with Gasteiger partial charge in [0.25, 0.3) is 0 Å². The van der Waals surface area contributed by atoms with Gasteiger partial charge in [-0.05, 0) is 74.2 Å². The maximum absolute atomic E-state index is 7.09. The van der Waals surface area contributed by atoms with Crippen LogP contribution in [0.15, 0.2) is 72.8 Å². The smallest absolute Gasteiger partial charge is 0.326 e. The predicted molar refractivity (Wildman–Crippen MR) is 184 cm³/mol. The van der Waals surface area contributed by atoms with Crippen molar-refractivity contribution in [2.75, 3.05) is 0 Å². The Morgan fingerprint density at radius 2 is 0.905 bits per heavy atom. The van der Waals surface area contributed by atoms with Crippen LogP contribution in [-0.4, -0.2) is 0 Å². The van der Waals surface area contributed by atoms with Gasteiger partial charge in [-0.2, -0.15) is 0 Å². The first kappa shape index (κ1) is 32.1. The van der Waals surface area contributed by atoms with Gasteiger partial charge in [-0.3, -0.25) is 0 Å². The molecule has 0 saturated heterocycles. The summed E-state index contributed by atoms with van der Waals surface area (Å²) in [5, 5.41) is 3.49. The molecule has 0 aliphatic carbocycles. The Morgan fingerprint density at radius 3 is 1.31 bits per heavy atom. The van der Waals surface area contributed by atoms with Gasteiger partial charge in [0.1, 0.15) is 11.5 Å². The average Bonchev–Trinajstić information content (AvgIpc) is 2.86. The third-order valence-electron chi connectivity index (χ3n) is 7.99. The monoisotopic (exact) mass is 582 g/mol. The van der Waals surface area contributed by atoms with Crippen LogP contribution in [0, 0.1) is 6.92 Å². The Hall–Kier alpha value is -2.83. The van der Waals surface area contributed by atoms with Gasteiger partial charge in [0.2, 0.25) is 0 Å². The summed E-state index contributed by atoms with van der Waals surface area (Å²) in [6.45, 7) is 29.3. The van der Waals surface area contributed by atoms with Gasteiger partial charge in [0.15, 0.2) is 0 Å². The number of hydrogen-bond donors (Lipinski definition) is 0. The Bertz CT molecular complexity index is 1490. The number of hydrogen-bond acceptors (Lipinski definition) is 2. The first-order valence-corrected chi connectivity index (χ1v) is 16.4. The van der Waals surface area contributed by atoms with E-state index in [9.17, 15) is 0 Å². The quantitative estimate of drug-likeness (QED) is 0.218. The van der Waals surface area contributed by atoms with E-state index in [4.69, 9.17) is 9.05 Å². The molecule has 4 aromatic rings. The molecule has 0 aliphatic heterocycles. The van der Waals surface area contributed by atoms with Crippen LogP contribution in [0.1, 0.15) is 111 Å². The van der Waals surface area contributed by atoms with Crippen LogP contribution in [0.4, 0.5) is 0 Å². The molecule has 0 aromatic heterocycles. The van der Waals surface area contributed by atoms with Crippen molar-refractivity contribution in [2.45, 2.75) is 112 Å². The number of rotatable bonds is 5. The van der Waals surface area contributed by atoms with Crippen LogP contribution in [0.25, 0.3) is 10.8 Å². The fraction of sp³-hybridized carbons (Fsp3) is 0.436. The second kappa shape index (κ2) is 11.3. The molecule has 0 aliphatic rings. The molecule has 0 saturated carbocycles. The van der Waals surface area contributed by atoms with Crippen molar-refractivity contribution in [2.24, 2.45) is 0 Å². The number of benzene rings is 4. The van der Waals surface area contributed by atoms with E-state index in [0.29, 0.717) is 0 Å². The highest BCUT2D eigenvalue weighted by molar-refractivity contribution is 7.57. The second-order valence-corrected chi connectivity index (χ2v) is 17.2. The molecule has 4 rings (SSSR count). The molecule has 0 fully saturated rings. The van der Waals surface area contributed by atoms with Gasteiger partial charge in [0, 0.05) is 11.1 Å². The SMILES string of the molecule is Cc1ccc(P(Oc2ccc(C(C)(C)C)cc2C(C)(C)C)Oc2ccc(C(C)(C)C)cc2C(C)(C)C)c2ccccc12. The molecule has 42 heavy (non-hydrogen) atoms. The summed E-state index contributed by atoms with van der Waals surface area (Å²) in [4.78, 5) is 0. The minimum Gasteiger partial charge on any atom is -0.435 e. The van der Waals surface area contributed by atoms with Crippen LogP contribution in [-0.2, 0) is 21.7 Å². The summed E-state index contributed by atoms with van der Waals surface area (Å²) in [5.74, 6) is 1.77. The maximum Gasteiger partial charge on any atom is 0.326 e. The fourth-order valence-electron chi connectivity index (χ4n) is 5.21. The standard InChI is InChI=1S/C39H51O2P/c1-26-18-23-35(30-17-15-14-16-29(26)30)42(40-33-21-19-27(36(2,3)4)24-31(33)38(8,9)10)41-34-22-20-28(37(5,6)7)25-32(34)39(11,12)13/h14-25H,1-13H3. The molecule has 0 N–H and O–H groups in total. The van der Waals surface area contributed by atoms with Gasteiger partial charge in [0.05, 0.1) is 5.30 Å². The second-order valence-electron chi connectivity index (χ2n) is 15.8. The molecule has 0 amide bonds. The first-order chi connectivity index (χ1) is 19.3. The third-order valence-corrected chi connectivity index (χ3v) is 9.49. The van der Waals surface area contributed by atoms with Gasteiger partial charge in [-0.25, -0.2) is 0 Å². The van der Waals surface area contributed by atoms with Crippen molar-refractivity contribution >= 4 is 24.5 Å². The number of aryl methyl sites for hydroxylation is 1. The summed E-state index contributed by atoms with van der Waals surface area (Å²) in [6, 6.07) is 26.4. The minimum atomic E-state index is -1.52. The predicted octanol–water partition coefficient (Wildman–Crippen LogP) is 11.4. The highest BCUT2D eigenvalue weighted by Gasteiger charge is 2.30. The first-order valence-electron chi connectivity index (χ1n) is 15.2. The summed E-state index contributed by atoms with van der Waals surface area (Å²) in [7, 11) is -1.52. The van der Waals surface area contributed by atoms with Crippen LogP contribution < -0.4 is 14.4 Å². The molecule has 0 unspecified atom stereocenters. The van der Waals surface area contributed by atoms with Crippen molar-refractivity contribution < 1.29 is 9.05 Å². The molecule has 3 heteroatoms. The zero-order valence-electron chi connectivity index (χ0n) is 28.2. The Labute approximate surface area is 256 Å². The van der Waals surface area contributed by atoms with E-state index in [0.717, 1.165) is 16.8 Å². The largest absolute Gasteiger partial charge is 0.435 e. The molecule has 0 bridgehead atoms. The lowest BCUT2D eigenvalue weighted by Crippen LogP contribution is -2.20. The van der Waals surface area contributed by atoms with Gasteiger partial charge in [-0.15, -0.1) is 0 Å². The van der Waals surface area contributed by atoms with Crippen molar-refractivity contribution in [3.63, 3.8) is 0 Å². The molecule has 0 radical (unpaired) electrons. The van der Waals surface area contributed by atoms with Crippen LogP contribution in [0.3, 0.4) is 0 Å². The lowest BCUT2D eigenvalue weighted by Gasteiger charge is -2.31. The molecule has 4 aromatic carbocycles. The van der Waals surface area contributed by atoms with E-state index in [1.807, 2.05) is 0 Å². The number of fused-ring (bicyclic) bond motifs is 1. The van der Waals surface area contributed by atoms with Gasteiger partial charge < -0.3 is 9.05 Å². The molecular weight excluding hydrogens is 531 g/mol. The summed E-state index contributed by atoms with van der Waals surface area (Å²) >= 11 is 0. The van der Waals surface area contributed by atoms with Crippen molar-refractivity contribution in [1.82, 2.24) is 0 Å². The van der Waals surface area contributed by atoms with Gasteiger partial charge >= 0.3 is 8.38 Å². The van der Waals surface area contributed by atoms with Crippen LogP contribution in [0.5, 0.6) is 11.5 Å². The Balaban J connectivity index is 1.93. The van der Waals surface area contributed by atoms with E-state index in [1.54, 1.807) is 0 Å². The molecule has 2 nitrogen and oxygen atoms in total. The Morgan fingerprint density at radius 1 is 0.476 bits per heavy atom. The van der Waals surface area contributed by atoms with Crippen molar-refractivity contribution in [3.05, 3.63) is 101 Å². The fourth-order valence-corrected chi connectivity index (χ4v) is 6.71. The lowest BCUT2D eigenvalue weighted by atomic mass is 9.80. The maximum atomic E-state index is 7.09. The molecule has 0 spiro atoms. The third kappa shape index (κ3) is 7.03. The molecule has 224 valence electrons. The highest BCUT2D eigenvalue weighted by Crippen LogP contribution is 2.48. The summed E-state index contributed by atoms with van der Waals surface area (Å²) in [5.41, 5.74) is 6.14. The van der Waals surface area contributed by atoms with Crippen molar-refractivity contribution in [1.29, 1.82) is 0 Å². The summed E-state index contributed by atoms with van der Waals surface area (Å²) in [6.07, 6.45) is 0. The Kier molecular flexibility index (Phi) is 8.67. The highest BCUT2D eigenvalue weighted by atomic mass is 31.2. The zero-order chi connectivity index (χ0) is 31.3. The molecular formula is C39H51O2P. The minimum absolute atomic E-state index is 0.0450. The van der Waals surface area contributed by atoms with E-state index < -0.39 is 8.38 Å². The van der Waals surface area contributed by atoms with Crippen LogP contribution in [0.2, 0.25) is 0 Å². The summed E-state index contributed by atoms with van der Waals surface area (Å²) < 4.78 is 14.2. The van der Waals surface area contributed by atoms with Crippen LogP contribution >= 0.6 is 8.38 Å². The topological polar surface area (TPSA) is 18.5 Å². The van der Waals surface area contributed by atoms with E-state index in [1.165, 1.54) is 38.6 Å². The molecule has 0 heterocycles. The zero-order valence-corrected chi connectivity index (χ0v) is 29.1. The van der Waals surface area contributed by atoms with E-state index >= 15 is 0 Å². The van der Waals surface area contributed by atoms with Gasteiger partial charge in [-0.1, -0.05) is 138 Å². The normalized spacial score (nSPS) is 13.1. The average molecular weight is 583 g/mol. The van der Waals surface area contributed by atoms with E-state index in [-0.39, 0.29) is 21.7 Å². The van der Waals surface area contributed by atoms with Crippen molar-refractivity contribution in [3.8, 4) is 11.5 Å².